The topological polar surface area (TPSA) is 75.3 Å². The van der Waals surface area contributed by atoms with Gasteiger partial charge in [0.2, 0.25) is 0 Å². The van der Waals surface area contributed by atoms with Gasteiger partial charge in [0.15, 0.2) is 11.5 Å². The van der Waals surface area contributed by atoms with Crippen LogP contribution in [0.3, 0.4) is 0 Å². The molecule has 0 bridgehead atoms. The van der Waals surface area contributed by atoms with Crippen LogP contribution in [0.5, 0.6) is 0 Å². The van der Waals surface area contributed by atoms with E-state index in [0.29, 0.717) is 5.92 Å². The van der Waals surface area contributed by atoms with E-state index < -0.39 is 0 Å². The zero-order valence-electron chi connectivity index (χ0n) is 14.8. The fourth-order valence-corrected chi connectivity index (χ4v) is 3.11. The molecule has 0 amide bonds. The molecule has 0 atom stereocenters. The summed E-state index contributed by atoms with van der Waals surface area (Å²) >= 11 is 0. The third kappa shape index (κ3) is 2.99. The molecule has 4 heterocycles. The van der Waals surface area contributed by atoms with Crippen LogP contribution >= 0.6 is 0 Å². The lowest BCUT2D eigenvalue weighted by Gasteiger charge is -2.36. The normalized spacial score (nSPS) is 15.4. The second-order valence-electron chi connectivity index (χ2n) is 6.60. The van der Waals surface area contributed by atoms with Gasteiger partial charge >= 0.3 is 0 Å². The number of aryl methyl sites for hydroxylation is 1. The van der Waals surface area contributed by atoms with Crippen molar-refractivity contribution in [2.24, 2.45) is 0 Å². The average Bonchev–Trinajstić information content (AvgIpc) is 3.02. The van der Waals surface area contributed by atoms with Crippen molar-refractivity contribution in [3.8, 4) is 0 Å². The van der Waals surface area contributed by atoms with E-state index in [9.17, 15) is 0 Å². The smallest absolute Gasteiger partial charge is 0.176 e. The SMILES string of the molecule is Cc1nc2cncc(N3CCN(c4ccnc(C(C)C)n4)CC3)n2n1. The van der Waals surface area contributed by atoms with E-state index in [1.165, 1.54) is 0 Å². The Balaban J connectivity index is 1.52. The summed E-state index contributed by atoms with van der Waals surface area (Å²) in [5.41, 5.74) is 0.787. The Morgan fingerprint density at radius 3 is 2.52 bits per heavy atom. The number of aromatic nitrogens is 6. The Labute approximate surface area is 146 Å². The molecule has 4 rings (SSSR count). The maximum Gasteiger partial charge on any atom is 0.176 e. The van der Waals surface area contributed by atoms with Crippen LogP contribution in [0, 0.1) is 6.92 Å². The first-order valence-corrected chi connectivity index (χ1v) is 8.62. The van der Waals surface area contributed by atoms with Crippen LogP contribution in [-0.4, -0.2) is 55.7 Å². The van der Waals surface area contributed by atoms with Gasteiger partial charge in [-0.05, 0) is 13.0 Å². The first-order valence-electron chi connectivity index (χ1n) is 8.62. The quantitative estimate of drug-likeness (QED) is 0.719. The molecule has 8 nitrogen and oxygen atoms in total. The van der Waals surface area contributed by atoms with Crippen LogP contribution in [0.1, 0.15) is 31.4 Å². The van der Waals surface area contributed by atoms with Crippen molar-refractivity contribution in [2.75, 3.05) is 36.0 Å². The maximum atomic E-state index is 4.70. The number of hydrogen-bond donors (Lipinski definition) is 0. The van der Waals surface area contributed by atoms with Crippen LogP contribution in [0.4, 0.5) is 11.6 Å². The summed E-state index contributed by atoms with van der Waals surface area (Å²) in [4.78, 5) is 22.4. The molecule has 25 heavy (non-hydrogen) atoms. The molecule has 3 aromatic rings. The fourth-order valence-electron chi connectivity index (χ4n) is 3.11. The Hall–Kier alpha value is -2.77. The molecule has 0 aliphatic carbocycles. The highest BCUT2D eigenvalue weighted by atomic mass is 15.4. The standard InChI is InChI=1S/C17H22N8/c1-12(2)17-19-5-4-14(21-17)23-6-8-24(9-7-23)16-11-18-10-15-20-13(3)22-25(15)16/h4-5,10-12H,6-9H2,1-3H3. The average molecular weight is 338 g/mol. The van der Waals surface area contributed by atoms with E-state index in [2.05, 4.69) is 43.7 Å². The maximum absolute atomic E-state index is 4.70. The van der Waals surface area contributed by atoms with Crippen LogP contribution in [0.2, 0.25) is 0 Å². The van der Waals surface area contributed by atoms with E-state index in [0.717, 1.165) is 55.1 Å². The summed E-state index contributed by atoms with van der Waals surface area (Å²) in [6.45, 7) is 9.71. The second kappa shape index (κ2) is 6.27. The van der Waals surface area contributed by atoms with Crippen molar-refractivity contribution < 1.29 is 0 Å². The molecule has 1 fully saturated rings. The summed E-state index contributed by atoms with van der Waals surface area (Å²) in [5.74, 6) is 3.98. The van der Waals surface area contributed by atoms with Crippen molar-refractivity contribution in [3.63, 3.8) is 0 Å². The molecule has 3 aromatic heterocycles. The molecule has 130 valence electrons. The molecular weight excluding hydrogens is 316 g/mol. The lowest BCUT2D eigenvalue weighted by atomic mass is 10.2. The Morgan fingerprint density at radius 1 is 1.00 bits per heavy atom. The van der Waals surface area contributed by atoms with E-state index in [4.69, 9.17) is 4.98 Å². The third-order valence-electron chi connectivity index (χ3n) is 4.44. The highest BCUT2D eigenvalue weighted by molar-refractivity contribution is 5.49. The van der Waals surface area contributed by atoms with Crippen molar-refractivity contribution in [1.82, 2.24) is 29.5 Å². The first kappa shape index (κ1) is 15.7. The van der Waals surface area contributed by atoms with Crippen LogP contribution in [-0.2, 0) is 0 Å². The summed E-state index contributed by atoms with van der Waals surface area (Å²) in [5, 5.41) is 4.49. The minimum absolute atomic E-state index is 0.334. The van der Waals surface area contributed by atoms with Crippen molar-refractivity contribution in [2.45, 2.75) is 26.7 Å². The van der Waals surface area contributed by atoms with Crippen molar-refractivity contribution in [3.05, 3.63) is 36.3 Å². The molecule has 1 aliphatic rings. The molecule has 1 saturated heterocycles. The highest BCUT2D eigenvalue weighted by Crippen LogP contribution is 2.20. The van der Waals surface area contributed by atoms with Gasteiger partial charge in [-0.15, -0.1) is 5.10 Å². The number of anilines is 2. The number of hydrogen-bond acceptors (Lipinski definition) is 7. The van der Waals surface area contributed by atoms with Gasteiger partial charge < -0.3 is 9.80 Å². The molecule has 1 aliphatic heterocycles. The van der Waals surface area contributed by atoms with Crippen LogP contribution in [0.25, 0.3) is 5.65 Å². The van der Waals surface area contributed by atoms with Crippen LogP contribution in [0.15, 0.2) is 24.7 Å². The van der Waals surface area contributed by atoms with Gasteiger partial charge in [0.25, 0.3) is 0 Å². The minimum Gasteiger partial charge on any atom is -0.353 e. The molecule has 0 unspecified atom stereocenters. The predicted octanol–water partition coefficient (Wildman–Crippen LogP) is 1.67. The summed E-state index contributed by atoms with van der Waals surface area (Å²) in [6, 6.07) is 1.99. The van der Waals surface area contributed by atoms with Gasteiger partial charge in [0.05, 0.1) is 12.4 Å². The number of fused-ring (bicyclic) bond motifs is 1. The monoisotopic (exact) mass is 338 g/mol. The van der Waals surface area contributed by atoms with Gasteiger partial charge in [-0.2, -0.15) is 4.52 Å². The third-order valence-corrected chi connectivity index (χ3v) is 4.44. The molecule has 0 aromatic carbocycles. The highest BCUT2D eigenvalue weighted by Gasteiger charge is 2.21. The second-order valence-corrected chi connectivity index (χ2v) is 6.60. The number of rotatable bonds is 3. The molecule has 0 saturated carbocycles. The lowest BCUT2D eigenvalue weighted by molar-refractivity contribution is 0.628. The van der Waals surface area contributed by atoms with Gasteiger partial charge in [-0.1, -0.05) is 13.8 Å². The zero-order valence-corrected chi connectivity index (χ0v) is 14.8. The van der Waals surface area contributed by atoms with E-state index in [1.807, 2.05) is 29.9 Å². The molecule has 0 radical (unpaired) electrons. The number of piperazine rings is 1. The summed E-state index contributed by atoms with van der Waals surface area (Å²) in [7, 11) is 0. The van der Waals surface area contributed by atoms with E-state index >= 15 is 0 Å². The molecule has 0 N–H and O–H groups in total. The molecular formula is C17H22N8. The van der Waals surface area contributed by atoms with Gasteiger partial charge in [0, 0.05) is 38.3 Å². The largest absolute Gasteiger partial charge is 0.353 e. The number of nitrogens with zero attached hydrogens (tertiary/aromatic N) is 8. The molecule has 0 spiro atoms. The van der Waals surface area contributed by atoms with Crippen molar-refractivity contribution in [1.29, 1.82) is 0 Å². The Bertz CT molecular complexity index is 879. The van der Waals surface area contributed by atoms with Crippen LogP contribution < -0.4 is 9.80 Å². The Morgan fingerprint density at radius 2 is 1.76 bits per heavy atom. The lowest BCUT2D eigenvalue weighted by Crippen LogP contribution is -2.47. The summed E-state index contributed by atoms with van der Waals surface area (Å²) < 4.78 is 1.87. The van der Waals surface area contributed by atoms with Gasteiger partial charge in [0.1, 0.15) is 17.5 Å². The first-order chi connectivity index (χ1) is 12.1. The predicted molar refractivity (Wildman–Crippen MR) is 96.1 cm³/mol. The van der Waals surface area contributed by atoms with Crippen molar-refractivity contribution >= 4 is 17.3 Å². The van der Waals surface area contributed by atoms with E-state index in [-0.39, 0.29) is 0 Å². The van der Waals surface area contributed by atoms with E-state index in [1.54, 1.807) is 6.20 Å². The van der Waals surface area contributed by atoms with Gasteiger partial charge in [-0.25, -0.2) is 15.0 Å². The fraction of sp³-hybridized carbons (Fsp3) is 0.471. The summed E-state index contributed by atoms with van der Waals surface area (Å²) in [6.07, 6.45) is 5.46. The minimum atomic E-state index is 0.334. The molecule has 8 heteroatoms. The Kier molecular flexibility index (Phi) is 3.95. The zero-order chi connectivity index (χ0) is 17.4. The van der Waals surface area contributed by atoms with Gasteiger partial charge in [-0.3, -0.25) is 4.98 Å².